The van der Waals surface area contributed by atoms with E-state index in [0.29, 0.717) is 5.56 Å². The van der Waals surface area contributed by atoms with Crippen molar-refractivity contribution in [3.05, 3.63) is 35.5 Å². The van der Waals surface area contributed by atoms with Gasteiger partial charge in [-0.25, -0.2) is 5.43 Å². The quantitative estimate of drug-likeness (QED) is 0.605. The number of nitrogens with two attached hydrogens (primary N) is 1. The van der Waals surface area contributed by atoms with Crippen LogP contribution in [0.25, 0.3) is 10.9 Å². The summed E-state index contributed by atoms with van der Waals surface area (Å²) in [6.07, 6.45) is 3.35. The third-order valence-corrected chi connectivity index (χ3v) is 2.50. The normalized spacial score (nSPS) is 14.0. The fourth-order valence-corrected chi connectivity index (χ4v) is 1.85. The maximum Gasteiger partial charge on any atom is 0.272 e. The molecule has 1 aliphatic heterocycles. The van der Waals surface area contributed by atoms with Gasteiger partial charge in [0.15, 0.2) is 0 Å². The molecule has 0 fully saturated rings. The van der Waals surface area contributed by atoms with Gasteiger partial charge in [-0.2, -0.15) is 5.10 Å². The van der Waals surface area contributed by atoms with Gasteiger partial charge in [-0.3, -0.25) is 9.47 Å². The van der Waals surface area contributed by atoms with E-state index in [-0.39, 0.29) is 5.91 Å². The van der Waals surface area contributed by atoms with Crippen molar-refractivity contribution in [1.82, 2.24) is 10.1 Å². The molecule has 2 heterocycles. The second-order valence-electron chi connectivity index (χ2n) is 3.39. The Bertz CT molecular complexity index is 597. The number of carbonyl (C=O) groups is 1. The minimum Gasteiger partial charge on any atom is -0.339 e. The molecule has 15 heavy (non-hydrogen) atoms. The molecule has 0 saturated carbocycles. The Balaban J connectivity index is 2.53. The number of amides is 1. The summed E-state index contributed by atoms with van der Waals surface area (Å²) in [6.45, 7) is 0. The van der Waals surface area contributed by atoms with Crippen LogP contribution in [0, 0.1) is 0 Å². The van der Waals surface area contributed by atoms with Crippen LogP contribution in [0.4, 0.5) is 0 Å². The fraction of sp³-hybridized carbons (Fsp3) is 0. The first-order valence-corrected chi connectivity index (χ1v) is 4.50. The van der Waals surface area contributed by atoms with Crippen molar-refractivity contribution in [2.45, 2.75) is 0 Å². The highest BCUT2D eigenvalue weighted by Gasteiger charge is 2.17. The van der Waals surface area contributed by atoms with E-state index in [4.69, 9.17) is 5.84 Å². The summed E-state index contributed by atoms with van der Waals surface area (Å²) in [5.74, 6) is 5.56. The molecule has 0 saturated heterocycles. The molecule has 0 atom stereocenters. The predicted octanol–water partition coefficient (Wildman–Crippen LogP) is 0.432. The number of carbonyl (C=O) groups excluding carboxylic acids is 1. The number of hydrazone groups is 1. The molecule has 1 aromatic carbocycles. The number of rotatable bonds is 0. The van der Waals surface area contributed by atoms with E-state index < -0.39 is 0 Å². The highest BCUT2D eigenvalue weighted by Crippen LogP contribution is 2.23. The molecule has 3 N–H and O–H groups in total. The van der Waals surface area contributed by atoms with Crippen LogP contribution in [0.15, 0.2) is 29.5 Å². The van der Waals surface area contributed by atoms with Crippen molar-refractivity contribution in [3.8, 4) is 0 Å². The summed E-state index contributed by atoms with van der Waals surface area (Å²) in [7, 11) is 0. The molecule has 2 aromatic rings. The summed E-state index contributed by atoms with van der Waals surface area (Å²) in [6, 6.07) is 5.43. The maximum absolute atomic E-state index is 11.6. The second-order valence-corrected chi connectivity index (χ2v) is 3.39. The van der Waals surface area contributed by atoms with Crippen LogP contribution < -0.4 is 11.3 Å². The van der Waals surface area contributed by atoms with Crippen molar-refractivity contribution in [3.63, 3.8) is 0 Å². The molecule has 3 rings (SSSR count). The van der Waals surface area contributed by atoms with Crippen molar-refractivity contribution < 1.29 is 4.79 Å². The van der Waals surface area contributed by atoms with E-state index in [1.165, 1.54) is 4.68 Å². The Morgan fingerprint density at radius 1 is 1.40 bits per heavy atom. The SMILES string of the molecule is Nn1cc2c3c(cccc31)C(=O)NN=C2. The van der Waals surface area contributed by atoms with Crippen LogP contribution in [0.3, 0.4) is 0 Å². The average molecular weight is 200 g/mol. The summed E-state index contributed by atoms with van der Waals surface area (Å²) in [5, 5.41) is 4.66. The maximum atomic E-state index is 11.6. The van der Waals surface area contributed by atoms with Gasteiger partial charge in [0, 0.05) is 17.1 Å². The molecular weight excluding hydrogens is 192 g/mol. The van der Waals surface area contributed by atoms with E-state index in [1.807, 2.05) is 6.07 Å². The number of nitrogens with zero attached hydrogens (tertiary/aromatic N) is 2. The molecule has 0 unspecified atom stereocenters. The Morgan fingerprint density at radius 3 is 3.13 bits per heavy atom. The molecule has 1 aromatic heterocycles. The van der Waals surface area contributed by atoms with Gasteiger partial charge in [-0.1, -0.05) is 6.07 Å². The highest BCUT2D eigenvalue weighted by molar-refractivity contribution is 6.14. The Kier molecular flexibility index (Phi) is 1.39. The van der Waals surface area contributed by atoms with Gasteiger partial charge in [0.05, 0.1) is 17.3 Å². The van der Waals surface area contributed by atoms with Crippen molar-refractivity contribution >= 4 is 23.0 Å². The first kappa shape index (κ1) is 8.05. The van der Waals surface area contributed by atoms with Crippen molar-refractivity contribution in [2.24, 2.45) is 5.10 Å². The third kappa shape index (κ3) is 0.969. The number of aromatic nitrogens is 1. The van der Waals surface area contributed by atoms with Crippen LogP contribution in [0.2, 0.25) is 0 Å². The highest BCUT2D eigenvalue weighted by atomic mass is 16.2. The lowest BCUT2D eigenvalue weighted by molar-refractivity contribution is 0.0957. The standard InChI is InChI=1S/C10H8N4O/c11-14-5-6-4-12-13-10(15)7-2-1-3-8(14)9(6)7/h1-5H,11H2,(H,13,15). The van der Waals surface area contributed by atoms with Gasteiger partial charge in [-0.15, -0.1) is 0 Å². The molecule has 0 bridgehead atoms. The van der Waals surface area contributed by atoms with Gasteiger partial charge in [-0.05, 0) is 12.1 Å². The molecule has 74 valence electrons. The van der Waals surface area contributed by atoms with E-state index in [2.05, 4.69) is 10.5 Å². The molecule has 5 heteroatoms. The summed E-state index contributed by atoms with van der Waals surface area (Å²) in [4.78, 5) is 11.6. The fourth-order valence-electron chi connectivity index (χ4n) is 1.85. The van der Waals surface area contributed by atoms with Crippen molar-refractivity contribution in [2.75, 3.05) is 5.84 Å². The van der Waals surface area contributed by atoms with E-state index in [9.17, 15) is 4.79 Å². The summed E-state index contributed by atoms with van der Waals surface area (Å²) in [5.41, 5.74) is 4.71. The minimum atomic E-state index is -0.207. The van der Waals surface area contributed by atoms with Crippen molar-refractivity contribution in [1.29, 1.82) is 0 Å². The average Bonchev–Trinajstić information content (AvgIpc) is 2.46. The van der Waals surface area contributed by atoms with Gasteiger partial charge < -0.3 is 5.84 Å². The Labute approximate surface area is 85.1 Å². The number of nitrogens with one attached hydrogen (secondary N) is 1. The summed E-state index contributed by atoms with van der Waals surface area (Å²) >= 11 is 0. The lowest BCUT2D eigenvalue weighted by atomic mass is 10.1. The Morgan fingerprint density at radius 2 is 2.27 bits per heavy atom. The zero-order valence-electron chi connectivity index (χ0n) is 7.77. The summed E-state index contributed by atoms with van der Waals surface area (Å²) < 4.78 is 1.50. The smallest absolute Gasteiger partial charge is 0.272 e. The molecule has 0 radical (unpaired) electrons. The number of benzene rings is 1. The second kappa shape index (κ2) is 2.60. The number of hydrogen-bond acceptors (Lipinski definition) is 3. The predicted molar refractivity (Wildman–Crippen MR) is 57.1 cm³/mol. The van der Waals surface area contributed by atoms with Crippen LogP contribution in [0.5, 0.6) is 0 Å². The topological polar surface area (TPSA) is 72.4 Å². The minimum absolute atomic E-state index is 0.207. The number of nitrogen functional groups attached to an aromatic ring is 1. The molecule has 0 spiro atoms. The van der Waals surface area contributed by atoms with Crippen LogP contribution in [-0.4, -0.2) is 16.8 Å². The first-order chi connectivity index (χ1) is 7.27. The Hall–Kier alpha value is -2.30. The molecule has 0 aliphatic carbocycles. The first-order valence-electron chi connectivity index (χ1n) is 4.50. The zero-order valence-corrected chi connectivity index (χ0v) is 7.77. The van der Waals surface area contributed by atoms with E-state index in [1.54, 1.807) is 24.5 Å². The van der Waals surface area contributed by atoms with Gasteiger partial charge in [0.25, 0.3) is 5.91 Å². The van der Waals surface area contributed by atoms with E-state index in [0.717, 1.165) is 16.5 Å². The van der Waals surface area contributed by atoms with Gasteiger partial charge in [0.2, 0.25) is 0 Å². The lowest BCUT2D eigenvalue weighted by Crippen LogP contribution is -2.16. The monoisotopic (exact) mass is 200 g/mol. The molecule has 1 amide bonds. The van der Waals surface area contributed by atoms with Gasteiger partial charge in [0.1, 0.15) is 0 Å². The third-order valence-electron chi connectivity index (χ3n) is 2.50. The van der Waals surface area contributed by atoms with Crippen LogP contribution in [0.1, 0.15) is 15.9 Å². The molecule has 5 nitrogen and oxygen atoms in total. The molecular formula is C10H8N4O. The largest absolute Gasteiger partial charge is 0.339 e. The zero-order chi connectivity index (χ0) is 10.4. The van der Waals surface area contributed by atoms with Crippen LogP contribution in [-0.2, 0) is 0 Å². The van der Waals surface area contributed by atoms with E-state index >= 15 is 0 Å². The lowest BCUT2D eigenvalue weighted by Gasteiger charge is -2.00. The van der Waals surface area contributed by atoms with Crippen LogP contribution >= 0.6 is 0 Å². The number of hydrogen-bond donors (Lipinski definition) is 2. The molecule has 1 aliphatic rings. The van der Waals surface area contributed by atoms with Gasteiger partial charge >= 0.3 is 0 Å².